The molecule has 2 amide bonds. The Morgan fingerprint density at radius 3 is 2.54 bits per heavy atom. The van der Waals surface area contributed by atoms with Crippen LogP contribution in [0.3, 0.4) is 0 Å². The first kappa shape index (κ1) is 22.2. The molecule has 1 unspecified atom stereocenters. The Bertz CT molecular complexity index is 575. The van der Waals surface area contributed by atoms with Gasteiger partial charge < -0.3 is 14.7 Å². The van der Waals surface area contributed by atoms with Crippen LogP contribution in [0.25, 0.3) is 0 Å². The fourth-order valence-electron chi connectivity index (χ4n) is 3.17. The number of nitrogens with zero attached hydrogens (tertiary/aromatic N) is 2. The van der Waals surface area contributed by atoms with Gasteiger partial charge in [-0.3, -0.25) is 9.59 Å². The molecule has 1 heterocycles. The maximum absolute atomic E-state index is 12.7. The number of carbonyl (C=O) groups excluding carboxylic acids is 2. The lowest BCUT2D eigenvalue weighted by molar-refractivity contribution is -0.135. The minimum atomic E-state index is -0.244. The number of aryl methyl sites for hydroxylation is 1. The van der Waals surface area contributed by atoms with Crippen molar-refractivity contribution < 1.29 is 14.1 Å². The molecule has 0 fully saturated rings. The van der Waals surface area contributed by atoms with Crippen LogP contribution < -0.4 is 5.32 Å². The zero-order valence-electron chi connectivity index (χ0n) is 17.2. The highest BCUT2D eigenvalue weighted by atomic mass is 16.5. The smallest absolute Gasteiger partial charge is 0.245 e. The van der Waals surface area contributed by atoms with Gasteiger partial charge in [-0.1, -0.05) is 52.6 Å². The SMILES string of the molecule is CCCCCN(CC(=O)Nc1cc(C)on1)C(=O)CC(C)CC(C)(C)C. The van der Waals surface area contributed by atoms with Crippen LogP contribution in [-0.4, -0.2) is 35.0 Å². The predicted molar refractivity (Wildman–Crippen MR) is 104 cm³/mol. The molecule has 6 nitrogen and oxygen atoms in total. The highest BCUT2D eigenvalue weighted by Crippen LogP contribution is 2.26. The number of amides is 2. The van der Waals surface area contributed by atoms with Crippen LogP contribution in [0.2, 0.25) is 0 Å². The maximum atomic E-state index is 12.7. The lowest BCUT2D eigenvalue weighted by Crippen LogP contribution is -2.39. The van der Waals surface area contributed by atoms with E-state index in [1.54, 1.807) is 17.9 Å². The molecule has 0 aliphatic rings. The first-order valence-corrected chi connectivity index (χ1v) is 9.61. The minimum absolute atomic E-state index is 0.0457. The Hall–Kier alpha value is -1.85. The predicted octanol–water partition coefficient (Wildman–Crippen LogP) is 4.40. The first-order chi connectivity index (χ1) is 12.1. The third kappa shape index (κ3) is 9.02. The second-order valence-corrected chi connectivity index (χ2v) is 8.47. The Kier molecular flexibility index (Phi) is 8.82. The first-order valence-electron chi connectivity index (χ1n) is 9.61. The van der Waals surface area contributed by atoms with Crippen LogP contribution in [0.5, 0.6) is 0 Å². The monoisotopic (exact) mass is 365 g/mol. The molecule has 1 aromatic heterocycles. The van der Waals surface area contributed by atoms with E-state index in [0.717, 1.165) is 25.7 Å². The molecule has 0 spiro atoms. The van der Waals surface area contributed by atoms with Crippen molar-refractivity contribution in [1.29, 1.82) is 0 Å². The topological polar surface area (TPSA) is 75.4 Å². The number of aromatic nitrogens is 1. The fraction of sp³-hybridized carbons (Fsp3) is 0.750. The molecule has 1 atom stereocenters. The van der Waals surface area contributed by atoms with Crippen LogP contribution in [0, 0.1) is 18.3 Å². The summed E-state index contributed by atoms with van der Waals surface area (Å²) in [6, 6.07) is 1.66. The standard InChI is InChI=1S/C20H35N3O3/c1-7-8-9-10-23(19(25)11-15(2)13-20(4,5)6)14-18(24)21-17-12-16(3)26-22-17/h12,15H,7-11,13-14H2,1-6H3,(H,21,22,24). The van der Waals surface area contributed by atoms with E-state index in [4.69, 9.17) is 4.52 Å². The zero-order chi connectivity index (χ0) is 19.7. The largest absolute Gasteiger partial charge is 0.360 e. The quantitative estimate of drug-likeness (QED) is 0.623. The van der Waals surface area contributed by atoms with Crippen molar-refractivity contribution >= 4 is 17.6 Å². The van der Waals surface area contributed by atoms with Crippen LogP contribution in [0.1, 0.15) is 72.5 Å². The molecule has 1 rings (SSSR count). The van der Waals surface area contributed by atoms with Crippen LogP contribution in [-0.2, 0) is 9.59 Å². The molecule has 0 bridgehead atoms. The normalized spacial score (nSPS) is 12.7. The molecule has 6 heteroatoms. The molecule has 0 saturated heterocycles. The van der Waals surface area contributed by atoms with Crippen molar-refractivity contribution in [3.05, 3.63) is 11.8 Å². The van der Waals surface area contributed by atoms with Gasteiger partial charge in [-0.25, -0.2) is 0 Å². The van der Waals surface area contributed by atoms with Crippen molar-refractivity contribution in [3.63, 3.8) is 0 Å². The van der Waals surface area contributed by atoms with Crippen molar-refractivity contribution in [1.82, 2.24) is 10.1 Å². The van der Waals surface area contributed by atoms with Gasteiger partial charge >= 0.3 is 0 Å². The highest BCUT2D eigenvalue weighted by Gasteiger charge is 2.22. The zero-order valence-corrected chi connectivity index (χ0v) is 17.2. The van der Waals surface area contributed by atoms with E-state index in [0.29, 0.717) is 24.5 Å². The number of carbonyl (C=O) groups is 2. The second-order valence-electron chi connectivity index (χ2n) is 8.47. The van der Waals surface area contributed by atoms with Gasteiger partial charge in [-0.15, -0.1) is 0 Å². The van der Waals surface area contributed by atoms with Crippen molar-refractivity contribution in [3.8, 4) is 0 Å². The van der Waals surface area contributed by atoms with Gasteiger partial charge in [0.15, 0.2) is 5.82 Å². The van der Waals surface area contributed by atoms with E-state index < -0.39 is 0 Å². The average Bonchev–Trinajstić information content (AvgIpc) is 2.89. The van der Waals surface area contributed by atoms with Crippen LogP contribution in [0.15, 0.2) is 10.6 Å². The highest BCUT2D eigenvalue weighted by molar-refractivity contribution is 5.93. The van der Waals surface area contributed by atoms with Gasteiger partial charge in [0.2, 0.25) is 11.8 Å². The summed E-state index contributed by atoms with van der Waals surface area (Å²) < 4.78 is 4.95. The molecule has 0 aliphatic carbocycles. The molecule has 26 heavy (non-hydrogen) atoms. The Morgan fingerprint density at radius 2 is 2.00 bits per heavy atom. The second kappa shape index (κ2) is 10.3. The summed E-state index contributed by atoms with van der Waals surface area (Å²) in [5, 5.41) is 6.45. The van der Waals surface area contributed by atoms with Gasteiger partial charge in [-0.2, -0.15) is 0 Å². The summed E-state index contributed by atoms with van der Waals surface area (Å²) in [5.41, 5.74) is 0.189. The van der Waals surface area contributed by atoms with Gasteiger partial charge in [0.1, 0.15) is 5.76 Å². The molecule has 0 radical (unpaired) electrons. The molecular weight excluding hydrogens is 330 g/mol. The number of hydrogen-bond acceptors (Lipinski definition) is 4. The van der Waals surface area contributed by atoms with E-state index in [1.165, 1.54) is 0 Å². The number of anilines is 1. The lowest BCUT2D eigenvalue weighted by atomic mass is 9.84. The van der Waals surface area contributed by atoms with E-state index in [-0.39, 0.29) is 29.7 Å². The Morgan fingerprint density at radius 1 is 1.31 bits per heavy atom. The molecule has 1 N–H and O–H groups in total. The molecule has 0 aromatic carbocycles. The Labute approximate surface area is 157 Å². The van der Waals surface area contributed by atoms with Crippen molar-refractivity contribution in [2.75, 3.05) is 18.4 Å². The van der Waals surface area contributed by atoms with Gasteiger partial charge in [0, 0.05) is 19.0 Å². The van der Waals surface area contributed by atoms with Crippen LogP contribution >= 0.6 is 0 Å². The van der Waals surface area contributed by atoms with Gasteiger partial charge in [0.25, 0.3) is 0 Å². The molecular formula is C20H35N3O3. The fourth-order valence-corrected chi connectivity index (χ4v) is 3.17. The average molecular weight is 366 g/mol. The number of nitrogens with one attached hydrogen (secondary N) is 1. The third-order valence-electron chi connectivity index (χ3n) is 4.10. The maximum Gasteiger partial charge on any atom is 0.245 e. The van der Waals surface area contributed by atoms with E-state index >= 15 is 0 Å². The summed E-state index contributed by atoms with van der Waals surface area (Å²) in [6.07, 6.45) is 4.48. The van der Waals surface area contributed by atoms with E-state index in [2.05, 4.69) is 45.1 Å². The van der Waals surface area contributed by atoms with Gasteiger partial charge in [-0.05, 0) is 31.1 Å². The molecule has 1 aromatic rings. The summed E-state index contributed by atoms with van der Waals surface area (Å²) in [4.78, 5) is 26.7. The summed E-state index contributed by atoms with van der Waals surface area (Å²) in [5.74, 6) is 1.11. The summed E-state index contributed by atoms with van der Waals surface area (Å²) >= 11 is 0. The lowest BCUT2D eigenvalue weighted by Gasteiger charge is -2.26. The number of rotatable bonds is 10. The minimum Gasteiger partial charge on any atom is -0.360 e. The number of unbranched alkanes of at least 4 members (excludes halogenated alkanes) is 2. The molecule has 148 valence electrons. The van der Waals surface area contributed by atoms with Gasteiger partial charge in [0.05, 0.1) is 6.54 Å². The number of hydrogen-bond donors (Lipinski definition) is 1. The third-order valence-corrected chi connectivity index (χ3v) is 4.10. The molecule has 0 saturated carbocycles. The summed E-state index contributed by atoms with van der Waals surface area (Å²) in [7, 11) is 0. The Balaban J connectivity index is 2.64. The van der Waals surface area contributed by atoms with Crippen molar-refractivity contribution in [2.24, 2.45) is 11.3 Å². The van der Waals surface area contributed by atoms with E-state index in [1.807, 2.05) is 0 Å². The van der Waals surface area contributed by atoms with E-state index in [9.17, 15) is 9.59 Å². The summed E-state index contributed by atoms with van der Waals surface area (Å²) in [6.45, 7) is 13.2. The molecule has 0 aliphatic heterocycles. The van der Waals surface area contributed by atoms with Crippen molar-refractivity contribution in [2.45, 2.75) is 73.6 Å². The van der Waals surface area contributed by atoms with Crippen LogP contribution in [0.4, 0.5) is 5.82 Å².